The molecule has 1 aliphatic rings. The third kappa shape index (κ3) is 3.16. The SMILES string of the molecule is C[C@H]1CCCCN1C(=O)c1cccc(-c2nc3ccc(F)cc3s2)c1. The highest BCUT2D eigenvalue weighted by Crippen LogP contribution is 2.31. The van der Waals surface area contributed by atoms with Crippen molar-refractivity contribution in [3.05, 3.63) is 53.8 Å². The summed E-state index contributed by atoms with van der Waals surface area (Å²) in [5.74, 6) is -0.174. The number of hydrogen-bond acceptors (Lipinski definition) is 3. The highest BCUT2D eigenvalue weighted by atomic mass is 32.1. The van der Waals surface area contributed by atoms with Gasteiger partial charge >= 0.3 is 0 Å². The largest absolute Gasteiger partial charge is 0.336 e. The van der Waals surface area contributed by atoms with E-state index >= 15 is 0 Å². The van der Waals surface area contributed by atoms with E-state index in [9.17, 15) is 9.18 Å². The first-order chi connectivity index (χ1) is 12.1. The van der Waals surface area contributed by atoms with Gasteiger partial charge in [0.2, 0.25) is 0 Å². The lowest BCUT2D eigenvalue weighted by atomic mass is 10.0. The molecule has 1 amide bonds. The smallest absolute Gasteiger partial charge is 0.254 e. The molecule has 0 spiro atoms. The molecule has 0 saturated carbocycles. The van der Waals surface area contributed by atoms with E-state index < -0.39 is 0 Å². The van der Waals surface area contributed by atoms with Crippen LogP contribution in [0.2, 0.25) is 0 Å². The summed E-state index contributed by atoms with van der Waals surface area (Å²) >= 11 is 1.45. The van der Waals surface area contributed by atoms with E-state index in [0.29, 0.717) is 5.56 Å². The lowest BCUT2D eigenvalue weighted by Crippen LogP contribution is -2.42. The third-order valence-corrected chi connectivity index (χ3v) is 5.84. The molecule has 1 fully saturated rings. The van der Waals surface area contributed by atoms with Crippen LogP contribution in [0.15, 0.2) is 42.5 Å². The summed E-state index contributed by atoms with van der Waals surface area (Å²) in [5.41, 5.74) is 2.37. The fourth-order valence-electron chi connectivity index (χ4n) is 3.37. The molecule has 1 aromatic heterocycles. The van der Waals surface area contributed by atoms with Crippen molar-refractivity contribution in [1.29, 1.82) is 0 Å². The van der Waals surface area contributed by atoms with Gasteiger partial charge in [0.25, 0.3) is 5.91 Å². The molecular formula is C20H19FN2OS. The molecule has 2 heterocycles. The Bertz CT molecular complexity index is 936. The van der Waals surface area contributed by atoms with Crippen molar-refractivity contribution in [2.24, 2.45) is 0 Å². The maximum atomic E-state index is 13.4. The molecule has 1 saturated heterocycles. The second-order valence-corrected chi connectivity index (χ2v) is 7.59. The molecule has 4 rings (SSSR count). The van der Waals surface area contributed by atoms with E-state index in [4.69, 9.17) is 0 Å². The second kappa shape index (κ2) is 6.56. The monoisotopic (exact) mass is 354 g/mol. The van der Waals surface area contributed by atoms with Crippen molar-refractivity contribution in [1.82, 2.24) is 9.88 Å². The van der Waals surface area contributed by atoms with Crippen LogP contribution < -0.4 is 0 Å². The first-order valence-corrected chi connectivity index (χ1v) is 9.41. The Morgan fingerprint density at radius 1 is 1.24 bits per heavy atom. The Balaban J connectivity index is 1.67. The van der Waals surface area contributed by atoms with Crippen molar-refractivity contribution in [3.63, 3.8) is 0 Å². The van der Waals surface area contributed by atoms with E-state index in [-0.39, 0.29) is 17.8 Å². The first-order valence-electron chi connectivity index (χ1n) is 8.59. The predicted molar refractivity (Wildman–Crippen MR) is 99.4 cm³/mol. The van der Waals surface area contributed by atoms with Crippen LogP contribution in [0.5, 0.6) is 0 Å². The van der Waals surface area contributed by atoms with Crippen LogP contribution in [0.4, 0.5) is 4.39 Å². The van der Waals surface area contributed by atoms with Gasteiger partial charge in [0.15, 0.2) is 0 Å². The molecule has 0 unspecified atom stereocenters. The highest BCUT2D eigenvalue weighted by molar-refractivity contribution is 7.21. The fourth-order valence-corrected chi connectivity index (χ4v) is 4.36. The van der Waals surface area contributed by atoms with Crippen molar-refractivity contribution in [2.45, 2.75) is 32.2 Å². The predicted octanol–water partition coefficient (Wildman–Crippen LogP) is 5.12. The number of rotatable bonds is 2. The van der Waals surface area contributed by atoms with Crippen molar-refractivity contribution >= 4 is 27.5 Å². The van der Waals surface area contributed by atoms with Gasteiger partial charge in [-0.1, -0.05) is 12.1 Å². The summed E-state index contributed by atoms with van der Waals surface area (Å²) < 4.78 is 14.2. The average molecular weight is 354 g/mol. The van der Waals surface area contributed by atoms with Gasteiger partial charge in [0.05, 0.1) is 10.2 Å². The van der Waals surface area contributed by atoms with E-state index in [1.54, 1.807) is 6.07 Å². The van der Waals surface area contributed by atoms with Crippen molar-refractivity contribution < 1.29 is 9.18 Å². The standard InChI is InChI=1S/C20H19FN2OS/c1-13-5-2-3-10-23(13)20(24)15-7-4-6-14(11-15)19-22-17-9-8-16(21)12-18(17)25-19/h4,6-9,11-13H,2-3,5,10H2,1H3/t13-/m0/s1. The van der Waals surface area contributed by atoms with Crippen molar-refractivity contribution in [3.8, 4) is 10.6 Å². The number of benzene rings is 2. The number of carbonyl (C=O) groups excluding carboxylic acids is 1. The average Bonchev–Trinajstić information content (AvgIpc) is 3.05. The van der Waals surface area contributed by atoms with E-state index in [1.165, 1.54) is 29.9 Å². The van der Waals surface area contributed by atoms with E-state index in [1.807, 2.05) is 29.2 Å². The van der Waals surface area contributed by atoms with Gasteiger partial charge in [-0.2, -0.15) is 0 Å². The van der Waals surface area contributed by atoms with Crippen LogP contribution >= 0.6 is 11.3 Å². The molecule has 0 aliphatic carbocycles. The van der Waals surface area contributed by atoms with Crippen LogP contribution in [0.3, 0.4) is 0 Å². The molecule has 3 nitrogen and oxygen atoms in total. The van der Waals surface area contributed by atoms with Crippen LogP contribution in [0.1, 0.15) is 36.5 Å². The normalized spacial score (nSPS) is 17.8. The number of fused-ring (bicyclic) bond motifs is 1. The Kier molecular flexibility index (Phi) is 4.25. The molecule has 0 N–H and O–H groups in total. The summed E-state index contributed by atoms with van der Waals surface area (Å²) in [4.78, 5) is 19.4. The lowest BCUT2D eigenvalue weighted by molar-refractivity contribution is 0.0635. The Hall–Kier alpha value is -2.27. The molecule has 3 aromatic rings. The summed E-state index contributed by atoms with van der Waals surface area (Å²) in [6.45, 7) is 2.94. The van der Waals surface area contributed by atoms with Gasteiger partial charge < -0.3 is 4.90 Å². The zero-order valence-electron chi connectivity index (χ0n) is 14.0. The van der Waals surface area contributed by atoms with Gasteiger partial charge in [0, 0.05) is 23.7 Å². The van der Waals surface area contributed by atoms with Gasteiger partial charge in [-0.25, -0.2) is 9.37 Å². The molecule has 0 bridgehead atoms. The number of hydrogen-bond donors (Lipinski definition) is 0. The number of piperidine rings is 1. The summed E-state index contributed by atoms with van der Waals surface area (Å²) in [7, 11) is 0. The van der Waals surface area contributed by atoms with Gasteiger partial charge in [-0.15, -0.1) is 11.3 Å². The van der Waals surface area contributed by atoms with Crippen LogP contribution in [0, 0.1) is 5.82 Å². The number of amides is 1. The van der Waals surface area contributed by atoms with Gasteiger partial charge in [0.1, 0.15) is 10.8 Å². The lowest BCUT2D eigenvalue weighted by Gasteiger charge is -2.33. The zero-order valence-corrected chi connectivity index (χ0v) is 14.9. The van der Waals surface area contributed by atoms with Crippen molar-refractivity contribution in [2.75, 3.05) is 6.54 Å². The topological polar surface area (TPSA) is 33.2 Å². The molecule has 2 aromatic carbocycles. The Labute approximate surface area is 150 Å². The number of nitrogens with zero attached hydrogens (tertiary/aromatic N) is 2. The number of likely N-dealkylation sites (tertiary alicyclic amines) is 1. The molecule has 1 atom stereocenters. The van der Waals surface area contributed by atoms with Crippen LogP contribution in [-0.4, -0.2) is 28.4 Å². The van der Waals surface area contributed by atoms with E-state index in [0.717, 1.165) is 40.2 Å². The quantitative estimate of drug-likeness (QED) is 0.640. The minimum Gasteiger partial charge on any atom is -0.336 e. The second-order valence-electron chi connectivity index (χ2n) is 6.56. The van der Waals surface area contributed by atoms with E-state index in [2.05, 4.69) is 11.9 Å². The number of aromatic nitrogens is 1. The summed E-state index contributed by atoms with van der Waals surface area (Å²) in [6.07, 6.45) is 3.32. The maximum absolute atomic E-state index is 13.4. The zero-order chi connectivity index (χ0) is 17.4. The fraction of sp³-hybridized carbons (Fsp3) is 0.300. The molecule has 0 radical (unpaired) electrons. The summed E-state index contributed by atoms with van der Waals surface area (Å²) in [6, 6.07) is 12.5. The molecule has 25 heavy (non-hydrogen) atoms. The van der Waals surface area contributed by atoms with Crippen LogP contribution in [-0.2, 0) is 0 Å². The Morgan fingerprint density at radius 2 is 2.12 bits per heavy atom. The molecule has 128 valence electrons. The molecular weight excluding hydrogens is 335 g/mol. The summed E-state index contributed by atoms with van der Waals surface area (Å²) in [5, 5.41) is 0.807. The maximum Gasteiger partial charge on any atom is 0.254 e. The number of carbonyl (C=O) groups is 1. The van der Waals surface area contributed by atoms with Crippen LogP contribution in [0.25, 0.3) is 20.8 Å². The minimum absolute atomic E-state index is 0.0844. The highest BCUT2D eigenvalue weighted by Gasteiger charge is 2.24. The minimum atomic E-state index is -0.259. The first kappa shape index (κ1) is 16.2. The number of thiazole rings is 1. The van der Waals surface area contributed by atoms with Gasteiger partial charge in [-0.05, 0) is 56.5 Å². The Morgan fingerprint density at radius 3 is 2.96 bits per heavy atom. The van der Waals surface area contributed by atoms with Gasteiger partial charge in [-0.3, -0.25) is 4.79 Å². The third-order valence-electron chi connectivity index (χ3n) is 4.77. The molecule has 1 aliphatic heterocycles. The number of halogens is 1. The molecule has 5 heteroatoms.